The van der Waals surface area contributed by atoms with E-state index in [-0.39, 0.29) is 5.91 Å². The van der Waals surface area contributed by atoms with Gasteiger partial charge in [-0.15, -0.1) is 0 Å². The lowest BCUT2D eigenvalue weighted by molar-refractivity contribution is 0.0738. The molecule has 0 aliphatic heterocycles. The molecule has 164 valence electrons. The van der Waals surface area contributed by atoms with Crippen molar-refractivity contribution in [2.45, 2.75) is 19.9 Å². The molecule has 0 N–H and O–H groups in total. The molecule has 4 rings (SSSR count). The first-order valence-electron chi connectivity index (χ1n) is 10.4. The standard InChI is InChI=1S/C25H23Cl2N3O2/c1-3-14-29(25(31)20-13-8-17(26)15-21(20)27)16-24-28-22-6-4-5-7-23(22)30(24)18-9-11-19(32-2)12-10-18/h4-13,15H,3,14,16H2,1-2H3. The van der Waals surface area contributed by atoms with Crippen molar-refractivity contribution in [2.24, 2.45) is 0 Å². The molecular weight excluding hydrogens is 445 g/mol. The Morgan fingerprint density at radius 2 is 1.81 bits per heavy atom. The monoisotopic (exact) mass is 467 g/mol. The Bertz CT molecular complexity index is 1250. The highest BCUT2D eigenvalue weighted by Crippen LogP contribution is 2.26. The van der Waals surface area contributed by atoms with Gasteiger partial charge in [0.15, 0.2) is 0 Å². The number of carbonyl (C=O) groups excluding carboxylic acids is 1. The summed E-state index contributed by atoms with van der Waals surface area (Å²) in [5.41, 5.74) is 3.22. The smallest absolute Gasteiger partial charge is 0.255 e. The first-order chi connectivity index (χ1) is 15.5. The molecule has 0 saturated heterocycles. The second-order valence-corrected chi connectivity index (χ2v) is 8.24. The van der Waals surface area contributed by atoms with Crippen molar-refractivity contribution in [3.05, 3.63) is 88.2 Å². The topological polar surface area (TPSA) is 47.4 Å². The molecule has 0 unspecified atom stereocenters. The summed E-state index contributed by atoms with van der Waals surface area (Å²) >= 11 is 12.3. The number of hydrogen-bond acceptors (Lipinski definition) is 3. The third-order valence-electron chi connectivity index (χ3n) is 5.24. The number of ether oxygens (including phenoxy) is 1. The number of fused-ring (bicyclic) bond motifs is 1. The number of rotatable bonds is 7. The lowest BCUT2D eigenvalue weighted by atomic mass is 10.2. The number of nitrogens with zero attached hydrogens (tertiary/aromatic N) is 3. The summed E-state index contributed by atoms with van der Waals surface area (Å²) in [6, 6.07) is 20.7. The van der Waals surface area contributed by atoms with Crippen molar-refractivity contribution >= 4 is 40.1 Å². The highest BCUT2D eigenvalue weighted by atomic mass is 35.5. The molecule has 1 amide bonds. The van der Waals surface area contributed by atoms with E-state index in [9.17, 15) is 4.79 Å². The maximum absolute atomic E-state index is 13.4. The molecule has 7 heteroatoms. The summed E-state index contributed by atoms with van der Waals surface area (Å²) in [6.07, 6.45) is 0.805. The average molecular weight is 468 g/mol. The predicted molar refractivity (Wildman–Crippen MR) is 129 cm³/mol. The number of halogens is 2. The van der Waals surface area contributed by atoms with E-state index in [4.69, 9.17) is 32.9 Å². The van der Waals surface area contributed by atoms with E-state index in [1.165, 1.54) is 0 Å². The Morgan fingerprint density at radius 1 is 1.06 bits per heavy atom. The van der Waals surface area contributed by atoms with Crippen molar-refractivity contribution in [1.82, 2.24) is 14.5 Å². The Labute approximate surface area is 197 Å². The Kier molecular flexibility index (Phi) is 6.68. The van der Waals surface area contributed by atoms with Gasteiger partial charge in [-0.05, 0) is 61.0 Å². The molecule has 0 radical (unpaired) electrons. The van der Waals surface area contributed by atoms with E-state index < -0.39 is 0 Å². The molecule has 0 aliphatic rings. The van der Waals surface area contributed by atoms with Crippen LogP contribution in [-0.4, -0.2) is 34.0 Å². The van der Waals surface area contributed by atoms with Crippen LogP contribution >= 0.6 is 23.2 Å². The van der Waals surface area contributed by atoms with E-state index in [2.05, 4.69) is 4.57 Å². The average Bonchev–Trinajstić information content (AvgIpc) is 3.16. The minimum absolute atomic E-state index is 0.151. The summed E-state index contributed by atoms with van der Waals surface area (Å²) in [7, 11) is 1.64. The first-order valence-corrected chi connectivity index (χ1v) is 11.1. The third-order valence-corrected chi connectivity index (χ3v) is 5.78. The van der Waals surface area contributed by atoms with Gasteiger partial charge in [0.25, 0.3) is 5.91 Å². The van der Waals surface area contributed by atoms with Gasteiger partial charge in [-0.25, -0.2) is 4.98 Å². The summed E-state index contributed by atoms with van der Waals surface area (Å²) in [4.78, 5) is 20.0. The fourth-order valence-corrected chi connectivity index (χ4v) is 4.22. The van der Waals surface area contributed by atoms with Crippen molar-refractivity contribution in [1.29, 1.82) is 0 Å². The van der Waals surface area contributed by atoms with Crippen molar-refractivity contribution in [3.63, 3.8) is 0 Å². The van der Waals surface area contributed by atoms with Gasteiger partial charge in [0.2, 0.25) is 0 Å². The zero-order chi connectivity index (χ0) is 22.7. The zero-order valence-corrected chi connectivity index (χ0v) is 19.4. The van der Waals surface area contributed by atoms with Gasteiger partial charge in [0, 0.05) is 17.3 Å². The van der Waals surface area contributed by atoms with Crippen LogP contribution in [-0.2, 0) is 6.54 Å². The second kappa shape index (κ2) is 9.63. The maximum Gasteiger partial charge on any atom is 0.255 e. The molecule has 0 fully saturated rings. The van der Waals surface area contributed by atoms with Gasteiger partial charge < -0.3 is 9.64 Å². The van der Waals surface area contributed by atoms with Crippen molar-refractivity contribution < 1.29 is 9.53 Å². The van der Waals surface area contributed by atoms with Crippen LogP contribution in [0.25, 0.3) is 16.7 Å². The summed E-state index contributed by atoms with van der Waals surface area (Å²) in [6.45, 7) is 2.95. The summed E-state index contributed by atoms with van der Waals surface area (Å²) < 4.78 is 7.38. The number of methoxy groups -OCH3 is 1. The van der Waals surface area contributed by atoms with Gasteiger partial charge in [0.05, 0.1) is 35.3 Å². The number of benzene rings is 3. The molecule has 5 nitrogen and oxygen atoms in total. The zero-order valence-electron chi connectivity index (χ0n) is 17.9. The third kappa shape index (κ3) is 4.45. The minimum atomic E-state index is -0.151. The van der Waals surface area contributed by atoms with Gasteiger partial charge in [-0.2, -0.15) is 0 Å². The molecule has 0 spiro atoms. The van der Waals surface area contributed by atoms with Crippen LogP contribution in [0.2, 0.25) is 10.0 Å². The Morgan fingerprint density at radius 3 is 2.50 bits per heavy atom. The SMILES string of the molecule is CCCN(Cc1nc2ccccc2n1-c1ccc(OC)cc1)C(=O)c1ccc(Cl)cc1Cl. The molecule has 0 saturated carbocycles. The van der Waals surface area contributed by atoms with Gasteiger partial charge in [0.1, 0.15) is 11.6 Å². The van der Waals surface area contributed by atoms with Crippen LogP contribution in [0.15, 0.2) is 66.7 Å². The number of aromatic nitrogens is 2. The summed E-state index contributed by atoms with van der Waals surface area (Å²) in [5.74, 6) is 1.39. The fraction of sp³-hybridized carbons (Fsp3) is 0.200. The minimum Gasteiger partial charge on any atom is -0.497 e. The van der Waals surface area contributed by atoms with Crippen molar-refractivity contribution in [3.8, 4) is 11.4 Å². The maximum atomic E-state index is 13.4. The van der Waals surface area contributed by atoms with Crippen LogP contribution in [0.5, 0.6) is 5.75 Å². The van der Waals surface area contributed by atoms with Gasteiger partial charge in [-0.1, -0.05) is 42.3 Å². The predicted octanol–water partition coefficient (Wildman–Crippen LogP) is 6.39. The molecular formula is C25H23Cl2N3O2. The van der Waals surface area contributed by atoms with Crippen LogP contribution in [0.3, 0.4) is 0 Å². The highest BCUT2D eigenvalue weighted by Gasteiger charge is 2.22. The van der Waals surface area contributed by atoms with Crippen LogP contribution in [0, 0.1) is 0 Å². The normalized spacial score (nSPS) is 11.0. The molecule has 32 heavy (non-hydrogen) atoms. The number of imidazole rings is 1. The first kappa shape index (κ1) is 22.2. The molecule has 1 heterocycles. The fourth-order valence-electron chi connectivity index (χ4n) is 3.73. The lowest BCUT2D eigenvalue weighted by Gasteiger charge is -2.23. The van der Waals surface area contributed by atoms with Gasteiger partial charge >= 0.3 is 0 Å². The number of para-hydroxylation sites is 2. The largest absolute Gasteiger partial charge is 0.497 e. The van der Waals surface area contributed by atoms with Crippen molar-refractivity contribution in [2.75, 3.05) is 13.7 Å². The quantitative estimate of drug-likeness (QED) is 0.316. The summed E-state index contributed by atoms with van der Waals surface area (Å²) in [5, 5.41) is 0.835. The Hall–Kier alpha value is -3.02. The highest BCUT2D eigenvalue weighted by molar-refractivity contribution is 6.36. The molecule has 3 aromatic carbocycles. The van der Waals surface area contributed by atoms with E-state index in [1.54, 1.807) is 30.2 Å². The van der Waals surface area contributed by atoms with Crippen LogP contribution in [0.1, 0.15) is 29.5 Å². The van der Waals surface area contributed by atoms with E-state index >= 15 is 0 Å². The number of amides is 1. The van der Waals surface area contributed by atoms with Crippen LogP contribution in [0.4, 0.5) is 0 Å². The number of hydrogen-bond donors (Lipinski definition) is 0. The van der Waals surface area contributed by atoms with Crippen LogP contribution < -0.4 is 4.74 Å². The number of carbonyl (C=O) groups is 1. The lowest BCUT2D eigenvalue weighted by Crippen LogP contribution is -2.32. The van der Waals surface area contributed by atoms with E-state index in [1.807, 2.05) is 55.5 Å². The van der Waals surface area contributed by atoms with Gasteiger partial charge in [-0.3, -0.25) is 9.36 Å². The molecule has 1 aromatic heterocycles. The van der Waals surface area contributed by atoms with E-state index in [0.29, 0.717) is 28.7 Å². The second-order valence-electron chi connectivity index (χ2n) is 7.40. The Balaban J connectivity index is 1.76. The molecule has 0 atom stereocenters. The van der Waals surface area contributed by atoms with E-state index in [0.717, 1.165) is 34.7 Å². The molecule has 0 aliphatic carbocycles. The molecule has 0 bridgehead atoms. The molecule has 4 aromatic rings.